The number of rotatable bonds is 6. The van der Waals surface area contributed by atoms with Crippen LogP contribution in [0.1, 0.15) is 43.9 Å². The molecule has 6 heteroatoms. The molecule has 2 fully saturated rings. The zero-order valence-electron chi connectivity index (χ0n) is 17.1. The van der Waals surface area contributed by atoms with Gasteiger partial charge in [-0.15, -0.1) is 24.0 Å². The summed E-state index contributed by atoms with van der Waals surface area (Å²) < 4.78 is 6.07. The van der Waals surface area contributed by atoms with Gasteiger partial charge in [0.25, 0.3) is 0 Å². The number of nitrogens with one attached hydrogen (secondary N) is 1. The molecular formula is C21H35IN4O. The van der Waals surface area contributed by atoms with E-state index < -0.39 is 0 Å². The highest BCUT2D eigenvalue weighted by atomic mass is 127. The fourth-order valence-electron chi connectivity index (χ4n) is 3.59. The first kappa shape index (κ1) is 22.4. The van der Waals surface area contributed by atoms with Crippen LogP contribution in [-0.2, 0) is 4.74 Å². The molecule has 1 aliphatic carbocycles. The minimum Gasteiger partial charge on any atom is -0.370 e. The number of aryl methyl sites for hydroxylation is 1. The van der Waals surface area contributed by atoms with Crippen molar-refractivity contribution < 1.29 is 4.74 Å². The number of likely N-dealkylation sites (N-methyl/N-ethyl adjacent to an activating group) is 1. The fraction of sp³-hybridized carbons (Fsp3) is 0.667. The van der Waals surface area contributed by atoms with Gasteiger partial charge in [-0.3, -0.25) is 9.89 Å². The van der Waals surface area contributed by atoms with Gasteiger partial charge in [0.1, 0.15) is 6.10 Å². The Balaban J connectivity index is 0.00000261. The average molecular weight is 486 g/mol. The van der Waals surface area contributed by atoms with E-state index in [0.717, 1.165) is 44.8 Å². The number of hydrogen-bond donors (Lipinski definition) is 1. The van der Waals surface area contributed by atoms with Gasteiger partial charge in [0.2, 0.25) is 0 Å². The molecule has 3 rings (SSSR count). The van der Waals surface area contributed by atoms with Crippen LogP contribution in [-0.4, -0.2) is 67.7 Å². The molecule has 1 heterocycles. The van der Waals surface area contributed by atoms with Crippen LogP contribution < -0.4 is 5.32 Å². The monoisotopic (exact) mass is 486 g/mol. The molecule has 27 heavy (non-hydrogen) atoms. The Kier molecular flexibility index (Phi) is 8.82. The highest BCUT2D eigenvalue weighted by Crippen LogP contribution is 2.27. The van der Waals surface area contributed by atoms with E-state index in [0.29, 0.717) is 6.04 Å². The summed E-state index contributed by atoms with van der Waals surface area (Å²) in [5.41, 5.74) is 2.58. The third-order valence-electron chi connectivity index (χ3n) is 5.56. The van der Waals surface area contributed by atoms with Crippen LogP contribution in [0.25, 0.3) is 0 Å². The smallest absolute Gasteiger partial charge is 0.194 e. The Labute approximate surface area is 181 Å². The summed E-state index contributed by atoms with van der Waals surface area (Å²) in [4.78, 5) is 9.78. The summed E-state index contributed by atoms with van der Waals surface area (Å²) in [6.07, 6.45) is 2.79. The third-order valence-corrected chi connectivity index (χ3v) is 5.56. The molecule has 1 aromatic rings. The summed E-state index contributed by atoms with van der Waals surface area (Å²) in [7, 11) is 2.23. The van der Waals surface area contributed by atoms with Gasteiger partial charge >= 0.3 is 0 Å². The van der Waals surface area contributed by atoms with Crippen LogP contribution in [0, 0.1) is 6.92 Å². The van der Waals surface area contributed by atoms with Crippen molar-refractivity contribution in [3.8, 4) is 0 Å². The van der Waals surface area contributed by atoms with Crippen LogP contribution >= 0.6 is 24.0 Å². The molecule has 0 aromatic heterocycles. The maximum atomic E-state index is 6.07. The Hall–Kier alpha value is -0.860. The van der Waals surface area contributed by atoms with Crippen molar-refractivity contribution in [2.24, 2.45) is 4.99 Å². The van der Waals surface area contributed by atoms with E-state index >= 15 is 0 Å². The number of aliphatic imine (C=N–C) groups is 1. The molecule has 1 saturated carbocycles. The average Bonchev–Trinajstić information content (AvgIpc) is 3.50. The van der Waals surface area contributed by atoms with Crippen molar-refractivity contribution in [3.63, 3.8) is 0 Å². The molecule has 0 radical (unpaired) electrons. The first-order chi connectivity index (χ1) is 12.6. The second-order valence-corrected chi connectivity index (χ2v) is 7.60. The highest BCUT2D eigenvalue weighted by Gasteiger charge is 2.29. The summed E-state index contributed by atoms with van der Waals surface area (Å²) >= 11 is 0. The maximum absolute atomic E-state index is 6.07. The molecule has 1 saturated heterocycles. The van der Waals surface area contributed by atoms with E-state index in [1.54, 1.807) is 0 Å². The van der Waals surface area contributed by atoms with E-state index in [1.165, 1.54) is 24.0 Å². The second-order valence-electron chi connectivity index (χ2n) is 7.60. The van der Waals surface area contributed by atoms with Crippen LogP contribution in [0.3, 0.4) is 0 Å². The summed E-state index contributed by atoms with van der Waals surface area (Å²) in [6.45, 7) is 10.8. The molecule has 5 nitrogen and oxygen atoms in total. The lowest BCUT2D eigenvalue weighted by atomic mass is 10.0. The second kappa shape index (κ2) is 10.6. The normalized spacial score (nSPS) is 21.7. The minimum absolute atomic E-state index is 0. The summed E-state index contributed by atoms with van der Waals surface area (Å²) in [6, 6.07) is 9.77. The van der Waals surface area contributed by atoms with Gasteiger partial charge in [0, 0.05) is 25.2 Å². The predicted molar refractivity (Wildman–Crippen MR) is 123 cm³/mol. The van der Waals surface area contributed by atoms with Crippen LogP contribution in [0.5, 0.6) is 0 Å². The molecule has 0 bridgehead atoms. The lowest BCUT2D eigenvalue weighted by Gasteiger charge is -2.36. The highest BCUT2D eigenvalue weighted by molar-refractivity contribution is 14.0. The zero-order chi connectivity index (χ0) is 18.5. The SMILES string of the molecule is CCNC(=NCC(C)N(C)C1CC1)N1CCOC(c2ccccc2C)C1.I. The summed E-state index contributed by atoms with van der Waals surface area (Å²) in [5.74, 6) is 1.02. The van der Waals surface area contributed by atoms with Gasteiger partial charge in [-0.25, -0.2) is 0 Å². The Morgan fingerprint density at radius 1 is 1.37 bits per heavy atom. The number of benzene rings is 1. The van der Waals surface area contributed by atoms with Crippen molar-refractivity contribution in [1.82, 2.24) is 15.1 Å². The zero-order valence-corrected chi connectivity index (χ0v) is 19.5. The quantitative estimate of drug-likeness (QED) is 0.380. The molecular weight excluding hydrogens is 451 g/mol. The van der Waals surface area contributed by atoms with Crippen molar-refractivity contribution >= 4 is 29.9 Å². The summed E-state index contributed by atoms with van der Waals surface area (Å²) in [5, 5.41) is 3.48. The predicted octanol–water partition coefficient (Wildman–Crippen LogP) is 3.43. The van der Waals surface area contributed by atoms with E-state index in [-0.39, 0.29) is 30.1 Å². The fourth-order valence-corrected chi connectivity index (χ4v) is 3.59. The standard InChI is InChI=1S/C21H34N4O.HI/c1-5-22-21(23-14-17(3)24(4)18-10-11-18)25-12-13-26-20(15-25)19-9-7-6-8-16(19)2;/h6-9,17-18,20H,5,10-15H2,1-4H3,(H,22,23);1H. The van der Waals surface area contributed by atoms with Crippen molar-refractivity contribution in [2.45, 2.75) is 51.8 Å². The van der Waals surface area contributed by atoms with Crippen LogP contribution in [0.15, 0.2) is 29.3 Å². The Morgan fingerprint density at radius 2 is 2.11 bits per heavy atom. The molecule has 2 aliphatic rings. The van der Waals surface area contributed by atoms with Crippen LogP contribution in [0.4, 0.5) is 0 Å². The molecule has 1 aliphatic heterocycles. The molecule has 2 unspecified atom stereocenters. The lowest BCUT2D eigenvalue weighted by Crippen LogP contribution is -2.48. The van der Waals surface area contributed by atoms with E-state index in [2.05, 4.69) is 67.2 Å². The van der Waals surface area contributed by atoms with Gasteiger partial charge in [-0.05, 0) is 51.8 Å². The largest absolute Gasteiger partial charge is 0.370 e. The van der Waals surface area contributed by atoms with Crippen LogP contribution in [0.2, 0.25) is 0 Å². The van der Waals surface area contributed by atoms with Crippen molar-refractivity contribution in [2.75, 3.05) is 39.8 Å². The number of nitrogens with zero attached hydrogens (tertiary/aromatic N) is 3. The molecule has 152 valence electrons. The van der Waals surface area contributed by atoms with Crippen molar-refractivity contribution in [3.05, 3.63) is 35.4 Å². The first-order valence-electron chi connectivity index (χ1n) is 10.0. The Bertz CT molecular complexity index is 620. The topological polar surface area (TPSA) is 40.1 Å². The third kappa shape index (κ3) is 6.06. The van der Waals surface area contributed by atoms with E-state index in [4.69, 9.17) is 9.73 Å². The first-order valence-corrected chi connectivity index (χ1v) is 10.0. The molecule has 0 amide bonds. The number of ether oxygens (including phenoxy) is 1. The van der Waals surface area contributed by atoms with Gasteiger partial charge in [-0.2, -0.15) is 0 Å². The van der Waals surface area contributed by atoms with E-state index in [9.17, 15) is 0 Å². The van der Waals surface area contributed by atoms with Gasteiger partial charge in [0.15, 0.2) is 5.96 Å². The minimum atomic E-state index is 0. The van der Waals surface area contributed by atoms with Gasteiger partial charge < -0.3 is 15.0 Å². The molecule has 1 aromatic carbocycles. The number of hydrogen-bond acceptors (Lipinski definition) is 3. The van der Waals surface area contributed by atoms with Gasteiger partial charge in [0.05, 0.1) is 19.7 Å². The molecule has 0 spiro atoms. The molecule has 2 atom stereocenters. The number of halogens is 1. The lowest BCUT2D eigenvalue weighted by molar-refractivity contribution is -0.00836. The van der Waals surface area contributed by atoms with E-state index in [1.807, 2.05) is 0 Å². The Morgan fingerprint density at radius 3 is 2.78 bits per heavy atom. The number of morpholine rings is 1. The molecule has 1 N–H and O–H groups in total. The van der Waals surface area contributed by atoms with Crippen molar-refractivity contribution in [1.29, 1.82) is 0 Å². The van der Waals surface area contributed by atoms with Gasteiger partial charge in [-0.1, -0.05) is 24.3 Å². The maximum Gasteiger partial charge on any atom is 0.194 e. The number of guanidine groups is 1.